The van der Waals surface area contributed by atoms with Gasteiger partial charge in [0, 0.05) is 26.1 Å². The predicted molar refractivity (Wildman–Crippen MR) is 105 cm³/mol. The normalized spacial score (nSPS) is 17.1. The third-order valence-corrected chi connectivity index (χ3v) is 5.27. The van der Waals surface area contributed by atoms with Gasteiger partial charge in [-0.05, 0) is 47.7 Å². The number of carbonyl (C=O) groups is 1. The molecule has 8 nitrogen and oxygen atoms in total. The second kappa shape index (κ2) is 8.08. The van der Waals surface area contributed by atoms with Crippen LogP contribution in [0.2, 0.25) is 0 Å². The third kappa shape index (κ3) is 3.76. The monoisotopic (exact) mass is 381 g/mol. The van der Waals surface area contributed by atoms with E-state index in [1.807, 2.05) is 11.0 Å². The topological polar surface area (TPSA) is 81.7 Å². The highest BCUT2D eigenvalue weighted by Crippen LogP contribution is 2.34. The molecule has 0 spiro atoms. The molecular weight excluding hydrogens is 354 g/mol. The van der Waals surface area contributed by atoms with Crippen molar-refractivity contribution in [1.29, 1.82) is 0 Å². The van der Waals surface area contributed by atoms with Gasteiger partial charge >= 0.3 is 0 Å². The number of likely N-dealkylation sites (tertiary alicyclic amines) is 1. The maximum absolute atomic E-state index is 12.9. The molecule has 28 heavy (non-hydrogen) atoms. The fraction of sp³-hybridized carbons (Fsp3) is 0.550. The van der Waals surface area contributed by atoms with Gasteiger partial charge in [-0.3, -0.25) is 4.79 Å². The Morgan fingerprint density at radius 3 is 2.93 bits per heavy atom. The number of para-hydroxylation sites is 2. The van der Waals surface area contributed by atoms with Gasteiger partial charge in [0.15, 0.2) is 0 Å². The van der Waals surface area contributed by atoms with E-state index in [0.29, 0.717) is 18.9 Å². The molecule has 1 saturated heterocycles. The highest BCUT2D eigenvalue weighted by molar-refractivity contribution is 5.78. The number of aromatic nitrogens is 6. The van der Waals surface area contributed by atoms with Gasteiger partial charge in [0.1, 0.15) is 12.2 Å². The lowest BCUT2D eigenvalue weighted by Crippen LogP contribution is -2.32. The summed E-state index contributed by atoms with van der Waals surface area (Å²) in [5.74, 6) is 1.73. The van der Waals surface area contributed by atoms with E-state index in [2.05, 4.69) is 52.1 Å². The number of nitrogens with zero attached hydrogens (tertiary/aromatic N) is 7. The van der Waals surface area contributed by atoms with Crippen LogP contribution >= 0.6 is 0 Å². The minimum Gasteiger partial charge on any atom is -0.333 e. The van der Waals surface area contributed by atoms with Gasteiger partial charge in [0.25, 0.3) is 0 Å². The van der Waals surface area contributed by atoms with Crippen molar-refractivity contribution < 1.29 is 4.79 Å². The maximum atomic E-state index is 12.9. The molecular formula is C20H27N7O. The number of imidazole rings is 1. The van der Waals surface area contributed by atoms with E-state index in [4.69, 9.17) is 4.98 Å². The summed E-state index contributed by atoms with van der Waals surface area (Å²) in [5.41, 5.74) is 2.17. The maximum Gasteiger partial charge on any atom is 0.223 e. The van der Waals surface area contributed by atoms with E-state index < -0.39 is 0 Å². The summed E-state index contributed by atoms with van der Waals surface area (Å²) in [6, 6.07) is 8.33. The third-order valence-electron chi connectivity index (χ3n) is 5.27. The molecule has 0 N–H and O–H groups in total. The SMILES string of the molecule is CC(C)Cn1c(C2CCCN2C(=O)CCCn2cnnn2)nc2ccccc21. The molecule has 3 aromatic rings. The molecule has 1 aliphatic heterocycles. The molecule has 2 aromatic heterocycles. The summed E-state index contributed by atoms with van der Waals surface area (Å²) in [5, 5.41) is 11.1. The minimum atomic E-state index is 0.0617. The zero-order valence-corrected chi connectivity index (χ0v) is 16.5. The Morgan fingerprint density at radius 2 is 2.14 bits per heavy atom. The van der Waals surface area contributed by atoms with Gasteiger partial charge in [-0.1, -0.05) is 26.0 Å². The number of hydrogen-bond acceptors (Lipinski definition) is 5. The number of amides is 1. The first-order valence-electron chi connectivity index (χ1n) is 10.1. The fourth-order valence-electron chi connectivity index (χ4n) is 4.06. The van der Waals surface area contributed by atoms with Crippen LogP contribution < -0.4 is 0 Å². The van der Waals surface area contributed by atoms with E-state index in [9.17, 15) is 4.79 Å². The number of aryl methyl sites for hydroxylation is 1. The number of carbonyl (C=O) groups excluding carboxylic acids is 1. The summed E-state index contributed by atoms with van der Waals surface area (Å²) in [6.45, 7) is 6.81. The first kappa shape index (κ1) is 18.6. The first-order valence-corrected chi connectivity index (χ1v) is 10.1. The summed E-state index contributed by atoms with van der Waals surface area (Å²) in [6.07, 6.45) is 4.81. The molecule has 1 aromatic carbocycles. The van der Waals surface area contributed by atoms with Crippen molar-refractivity contribution in [3.63, 3.8) is 0 Å². The lowest BCUT2D eigenvalue weighted by Gasteiger charge is -2.25. The summed E-state index contributed by atoms with van der Waals surface area (Å²) in [4.78, 5) is 19.9. The Balaban J connectivity index is 1.53. The minimum absolute atomic E-state index is 0.0617. The standard InChI is InChI=1S/C20H27N7O/c1-15(2)13-27-17-8-4-3-7-16(17)22-20(27)18-9-5-12-26(18)19(28)10-6-11-25-14-21-23-24-25/h3-4,7-8,14-15,18H,5-6,9-13H2,1-2H3. The molecule has 1 atom stereocenters. The van der Waals surface area contributed by atoms with Gasteiger partial charge in [-0.15, -0.1) is 5.10 Å². The van der Waals surface area contributed by atoms with Crippen LogP contribution in [-0.2, 0) is 17.9 Å². The smallest absolute Gasteiger partial charge is 0.223 e. The summed E-state index contributed by atoms with van der Waals surface area (Å²) < 4.78 is 3.98. The van der Waals surface area contributed by atoms with Crippen molar-refractivity contribution in [3.8, 4) is 0 Å². The lowest BCUT2D eigenvalue weighted by atomic mass is 10.1. The summed E-state index contributed by atoms with van der Waals surface area (Å²) in [7, 11) is 0. The van der Waals surface area contributed by atoms with Gasteiger partial charge in [-0.2, -0.15) is 0 Å². The molecule has 0 bridgehead atoms. The van der Waals surface area contributed by atoms with Gasteiger partial charge < -0.3 is 9.47 Å². The Labute approximate surface area is 164 Å². The van der Waals surface area contributed by atoms with Crippen molar-refractivity contribution in [2.45, 2.75) is 58.7 Å². The van der Waals surface area contributed by atoms with Crippen molar-refractivity contribution in [1.82, 2.24) is 34.7 Å². The van der Waals surface area contributed by atoms with Crippen LogP contribution in [0.25, 0.3) is 11.0 Å². The largest absolute Gasteiger partial charge is 0.333 e. The van der Waals surface area contributed by atoms with E-state index in [1.54, 1.807) is 11.0 Å². The zero-order valence-electron chi connectivity index (χ0n) is 16.5. The van der Waals surface area contributed by atoms with Crippen LogP contribution in [0.1, 0.15) is 51.4 Å². The molecule has 3 heterocycles. The van der Waals surface area contributed by atoms with Gasteiger partial charge in [0.05, 0.1) is 17.1 Å². The van der Waals surface area contributed by atoms with E-state index in [-0.39, 0.29) is 11.9 Å². The van der Waals surface area contributed by atoms with Crippen LogP contribution in [0.5, 0.6) is 0 Å². The number of fused-ring (bicyclic) bond motifs is 1. The van der Waals surface area contributed by atoms with E-state index in [1.165, 1.54) is 0 Å². The Hall–Kier alpha value is -2.77. The van der Waals surface area contributed by atoms with Crippen molar-refractivity contribution in [2.75, 3.05) is 6.54 Å². The highest BCUT2D eigenvalue weighted by atomic mass is 16.2. The molecule has 0 aliphatic carbocycles. The molecule has 1 aliphatic rings. The Morgan fingerprint density at radius 1 is 1.29 bits per heavy atom. The van der Waals surface area contributed by atoms with Gasteiger partial charge in [-0.25, -0.2) is 9.67 Å². The van der Waals surface area contributed by atoms with E-state index in [0.717, 1.165) is 49.2 Å². The predicted octanol–water partition coefficient (Wildman–Crippen LogP) is 2.82. The van der Waals surface area contributed by atoms with Crippen molar-refractivity contribution in [2.24, 2.45) is 5.92 Å². The Kier molecular flexibility index (Phi) is 5.36. The van der Waals surface area contributed by atoms with Crippen LogP contribution in [0, 0.1) is 5.92 Å². The van der Waals surface area contributed by atoms with Gasteiger partial charge in [0.2, 0.25) is 5.91 Å². The average molecular weight is 381 g/mol. The second-order valence-electron chi connectivity index (χ2n) is 7.88. The molecule has 8 heteroatoms. The number of rotatable bonds is 7. The Bertz CT molecular complexity index is 931. The van der Waals surface area contributed by atoms with Crippen LogP contribution in [-0.4, -0.2) is 47.1 Å². The molecule has 0 radical (unpaired) electrons. The first-order chi connectivity index (χ1) is 13.6. The lowest BCUT2D eigenvalue weighted by molar-refractivity contribution is -0.132. The van der Waals surface area contributed by atoms with E-state index >= 15 is 0 Å². The molecule has 0 saturated carbocycles. The fourth-order valence-corrected chi connectivity index (χ4v) is 4.06. The van der Waals surface area contributed by atoms with Crippen LogP contribution in [0.4, 0.5) is 0 Å². The van der Waals surface area contributed by atoms with Crippen LogP contribution in [0.3, 0.4) is 0 Å². The van der Waals surface area contributed by atoms with Crippen LogP contribution in [0.15, 0.2) is 30.6 Å². The molecule has 4 rings (SSSR count). The molecule has 1 amide bonds. The highest BCUT2D eigenvalue weighted by Gasteiger charge is 2.33. The number of tetrazole rings is 1. The number of benzene rings is 1. The molecule has 148 valence electrons. The quantitative estimate of drug-likeness (QED) is 0.628. The van der Waals surface area contributed by atoms with Crippen molar-refractivity contribution >= 4 is 16.9 Å². The molecule has 1 fully saturated rings. The average Bonchev–Trinajstić information content (AvgIpc) is 3.41. The van der Waals surface area contributed by atoms with Crippen molar-refractivity contribution in [3.05, 3.63) is 36.4 Å². The second-order valence-corrected chi connectivity index (χ2v) is 7.88. The number of hydrogen-bond donors (Lipinski definition) is 0. The summed E-state index contributed by atoms with van der Waals surface area (Å²) >= 11 is 0. The zero-order chi connectivity index (χ0) is 19.5. The molecule has 1 unspecified atom stereocenters.